The van der Waals surface area contributed by atoms with Crippen LogP contribution in [0.1, 0.15) is 73.7 Å². The molecule has 1 aliphatic heterocycles. The first-order chi connectivity index (χ1) is 23.6. The Labute approximate surface area is 300 Å². The Kier molecular flexibility index (Phi) is 11.5. The van der Waals surface area contributed by atoms with Crippen LogP contribution in [-0.4, -0.2) is 91.8 Å². The van der Waals surface area contributed by atoms with Crippen molar-refractivity contribution in [3.63, 3.8) is 0 Å². The lowest BCUT2D eigenvalue weighted by Gasteiger charge is -2.39. The van der Waals surface area contributed by atoms with Gasteiger partial charge in [-0.05, 0) is 68.4 Å². The molecule has 3 aromatic heterocycles. The van der Waals surface area contributed by atoms with Gasteiger partial charge in [-0.1, -0.05) is 5.16 Å². The summed E-state index contributed by atoms with van der Waals surface area (Å²) in [4.78, 5) is 60.9. The highest BCUT2D eigenvalue weighted by Crippen LogP contribution is 2.24. The second-order valence-electron chi connectivity index (χ2n) is 15.1. The predicted octanol–water partition coefficient (Wildman–Crippen LogP) is 4.57. The summed E-state index contributed by atoms with van der Waals surface area (Å²) in [5, 5.41) is 17.5. The summed E-state index contributed by atoms with van der Waals surface area (Å²) in [6.45, 7) is 16.5. The number of hydrogen-bond acceptors (Lipinski definition) is 12. The molecule has 4 heterocycles. The first-order valence-electron chi connectivity index (χ1n) is 16.3. The molecular weight excluding hydrogens is 684 g/mol. The van der Waals surface area contributed by atoms with Gasteiger partial charge in [0.15, 0.2) is 10.9 Å². The lowest BCUT2D eigenvalue weighted by Crippen LogP contribution is -2.53. The Morgan fingerprint density at radius 2 is 1.65 bits per heavy atom. The first kappa shape index (κ1) is 38.9. The van der Waals surface area contributed by atoms with E-state index in [-0.39, 0.29) is 29.4 Å². The Bertz CT molecular complexity index is 1790. The zero-order valence-corrected chi connectivity index (χ0v) is 31.5. The fourth-order valence-corrected chi connectivity index (χ4v) is 5.52. The second kappa shape index (κ2) is 15.1. The summed E-state index contributed by atoms with van der Waals surface area (Å²) in [6, 6.07) is 3.60. The number of aryl methyl sites for hydroxylation is 1. The van der Waals surface area contributed by atoms with Crippen molar-refractivity contribution in [2.75, 3.05) is 25.0 Å². The number of imidazole rings is 1. The van der Waals surface area contributed by atoms with E-state index in [1.165, 1.54) is 5.38 Å². The largest absolute Gasteiger partial charge is 0.485 e. The minimum absolute atomic E-state index is 0.0765. The fourth-order valence-electron chi connectivity index (χ4n) is 4.84. The van der Waals surface area contributed by atoms with E-state index in [4.69, 9.17) is 23.8 Å². The highest BCUT2D eigenvalue weighted by atomic mass is 32.1. The van der Waals surface area contributed by atoms with Crippen molar-refractivity contribution in [1.82, 2.24) is 14.3 Å². The molecule has 0 aromatic carbocycles. The molecule has 1 saturated heterocycles. The molecule has 4 rings (SSSR count). The van der Waals surface area contributed by atoms with Crippen molar-refractivity contribution in [1.29, 1.82) is 0 Å². The van der Waals surface area contributed by atoms with E-state index in [1.54, 1.807) is 58.7 Å². The Morgan fingerprint density at radius 1 is 1.00 bits per heavy atom. The standard InChI is InChI=1S/C34H46N6O10S/c1-32(2,3)47-28(43)24(50-37-26(27(41)42)23-19-51-29(35-23)36-30(44)48-33(4,5)6)18-46-22-11-12-25-38(10)21(16-39(25)17-22)13-20-14-40(15-20)31(45)49-34(7,8)9/h11-12,16-17,19-20,24H,13-15,18H2,1-10H3,(H-,35,36,41,42,44)/p+1. The SMILES string of the molecule is C[n+]1c(CC2CN(C(=O)OC(C)(C)C)C2)cn2cc(OCC(ON=C(C(=O)O)c3csc(NC(=O)OC(C)(C)C)n3)C(=O)OC(C)(C)C)ccc21. The molecule has 1 unspecified atom stereocenters. The van der Waals surface area contributed by atoms with Crippen LogP contribution >= 0.6 is 11.3 Å². The number of carbonyl (C=O) groups is 4. The molecule has 1 aliphatic rings. The number of nitrogens with one attached hydrogen (secondary N) is 1. The van der Waals surface area contributed by atoms with Gasteiger partial charge in [-0.25, -0.2) is 28.7 Å². The third-order valence-corrected chi connectivity index (χ3v) is 7.75. The Hall–Kier alpha value is -4.93. The van der Waals surface area contributed by atoms with Crippen molar-refractivity contribution in [2.45, 2.75) is 91.6 Å². The Balaban J connectivity index is 1.45. The molecule has 17 heteroatoms. The van der Waals surface area contributed by atoms with Gasteiger partial charge < -0.3 is 33.8 Å². The fraction of sp³-hybridized carbons (Fsp3) is 0.559. The van der Waals surface area contributed by atoms with Crippen LogP contribution in [0.25, 0.3) is 5.65 Å². The number of oxime groups is 1. The van der Waals surface area contributed by atoms with Gasteiger partial charge in [0.25, 0.3) is 11.8 Å². The summed E-state index contributed by atoms with van der Waals surface area (Å²) in [7, 11) is 1.96. The summed E-state index contributed by atoms with van der Waals surface area (Å²) in [6.07, 6.45) is 1.96. The van der Waals surface area contributed by atoms with E-state index >= 15 is 0 Å². The number of pyridine rings is 1. The van der Waals surface area contributed by atoms with Gasteiger partial charge in [-0.2, -0.15) is 4.40 Å². The maximum atomic E-state index is 13.1. The van der Waals surface area contributed by atoms with Crippen LogP contribution in [-0.2, 0) is 42.1 Å². The number of aromatic nitrogens is 3. The number of carboxylic acid groups (broad SMARTS) is 1. The van der Waals surface area contributed by atoms with E-state index in [9.17, 15) is 24.3 Å². The van der Waals surface area contributed by atoms with Crippen molar-refractivity contribution in [3.8, 4) is 5.75 Å². The number of anilines is 1. The number of esters is 1. The van der Waals surface area contributed by atoms with Gasteiger partial charge in [0.05, 0.1) is 7.05 Å². The molecule has 0 spiro atoms. The van der Waals surface area contributed by atoms with E-state index in [0.717, 1.165) is 29.1 Å². The van der Waals surface area contributed by atoms with E-state index in [2.05, 4.69) is 20.0 Å². The summed E-state index contributed by atoms with van der Waals surface area (Å²) in [5.41, 5.74) is -0.941. The van der Waals surface area contributed by atoms with Crippen molar-refractivity contribution < 1.29 is 52.6 Å². The van der Waals surface area contributed by atoms with Crippen LogP contribution in [0.5, 0.6) is 5.75 Å². The minimum atomic E-state index is -1.48. The molecule has 0 saturated carbocycles. The molecule has 1 fully saturated rings. The number of amides is 2. The normalized spacial score (nSPS) is 14.8. The zero-order chi connectivity index (χ0) is 37.9. The van der Waals surface area contributed by atoms with Crippen molar-refractivity contribution in [3.05, 3.63) is 41.3 Å². The molecule has 0 bridgehead atoms. The van der Waals surface area contributed by atoms with Gasteiger partial charge in [-0.3, -0.25) is 5.32 Å². The number of ether oxygens (including phenoxy) is 4. The average Bonchev–Trinajstić information content (AvgIpc) is 3.52. The number of likely N-dealkylation sites (tertiary alicyclic amines) is 1. The number of thiazole rings is 1. The number of carbonyl (C=O) groups excluding carboxylic acids is 3. The second-order valence-corrected chi connectivity index (χ2v) is 16.0. The molecule has 0 aliphatic carbocycles. The number of rotatable bonds is 11. The summed E-state index contributed by atoms with van der Waals surface area (Å²) in [5.74, 6) is -1.61. The average molecular weight is 732 g/mol. The maximum absolute atomic E-state index is 13.1. The molecule has 0 radical (unpaired) electrons. The molecule has 2 N–H and O–H groups in total. The topological polar surface area (TPSA) is 183 Å². The number of carboxylic acids is 1. The Morgan fingerprint density at radius 3 is 2.25 bits per heavy atom. The molecular formula is C34H47N6O10S+. The van der Waals surface area contributed by atoms with Gasteiger partial charge in [0.1, 0.15) is 47.2 Å². The van der Waals surface area contributed by atoms with Crippen molar-refractivity contribution >= 4 is 52.0 Å². The molecule has 16 nitrogen and oxygen atoms in total. The number of nitrogens with zero attached hydrogens (tertiary/aromatic N) is 5. The van der Waals surface area contributed by atoms with Crippen LogP contribution < -0.4 is 14.6 Å². The van der Waals surface area contributed by atoms with E-state index in [0.29, 0.717) is 18.8 Å². The van der Waals surface area contributed by atoms with Gasteiger partial charge in [0, 0.05) is 36.9 Å². The zero-order valence-electron chi connectivity index (χ0n) is 30.6. The number of fused-ring (bicyclic) bond motifs is 1. The third-order valence-electron chi connectivity index (χ3n) is 7.00. The molecule has 1 atom stereocenters. The number of hydrogen-bond donors (Lipinski definition) is 2. The van der Waals surface area contributed by atoms with Crippen LogP contribution in [0.15, 0.2) is 35.1 Å². The quantitative estimate of drug-likeness (QED) is 0.0926. The maximum Gasteiger partial charge on any atom is 0.413 e. The molecule has 2 amide bonds. The summed E-state index contributed by atoms with van der Waals surface area (Å²) < 4.78 is 26.0. The van der Waals surface area contributed by atoms with E-state index < -0.39 is 46.7 Å². The lowest BCUT2D eigenvalue weighted by molar-refractivity contribution is -0.652. The number of aliphatic carboxylic acids is 1. The van der Waals surface area contributed by atoms with Gasteiger partial charge in [0.2, 0.25) is 5.71 Å². The lowest BCUT2D eigenvalue weighted by atomic mass is 9.95. The first-order valence-corrected chi connectivity index (χ1v) is 17.2. The van der Waals surface area contributed by atoms with Crippen molar-refractivity contribution in [2.24, 2.45) is 18.1 Å². The molecule has 51 heavy (non-hydrogen) atoms. The van der Waals surface area contributed by atoms with Crippen LogP contribution in [0, 0.1) is 5.92 Å². The third kappa shape index (κ3) is 11.3. The molecule has 3 aromatic rings. The smallest absolute Gasteiger partial charge is 0.413 e. The van der Waals surface area contributed by atoms with Gasteiger partial charge in [-0.15, -0.1) is 11.3 Å². The van der Waals surface area contributed by atoms with Crippen LogP contribution in [0.4, 0.5) is 14.7 Å². The monoisotopic (exact) mass is 731 g/mol. The molecule has 278 valence electrons. The predicted molar refractivity (Wildman–Crippen MR) is 186 cm³/mol. The van der Waals surface area contributed by atoms with E-state index in [1.807, 2.05) is 44.5 Å². The van der Waals surface area contributed by atoms with Crippen LogP contribution in [0.3, 0.4) is 0 Å². The highest BCUT2D eigenvalue weighted by molar-refractivity contribution is 7.14. The van der Waals surface area contributed by atoms with Gasteiger partial charge >= 0.3 is 24.1 Å². The van der Waals surface area contributed by atoms with Crippen LogP contribution in [0.2, 0.25) is 0 Å². The summed E-state index contributed by atoms with van der Waals surface area (Å²) >= 11 is 0.956. The highest BCUT2D eigenvalue weighted by Gasteiger charge is 2.35. The minimum Gasteiger partial charge on any atom is -0.485 e.